The summed E-state index contributed by atoms with van der Waals surface area (Å²) >= 11 is 5.92. The topological polar surface area (TPSA) is 34.0 Å². The highest BCUT2D eigenvalue weighted by Gasteiger charge is 2.58. The Hall–Kier alpha value is -2.33. The van der Waals surface area contributed by atoms with Gasteiger partial charge in [-0.05, 0) is 85.5 Å². The smallest absolute Gasteiger partial charge is 0.251 e. The van der Waals surface area contributed by atoms with Gasteiger partial charge in [0, 0.05) is 39.8 Å². The number of nitrogens with one attached hydrogen (secondary N) is 1. The first-order valence-corrected chi connectivity index (χ1v) is 10.8. The lowest BCUT2D eigenvalue weighted by atomic mass is 9.99. The van der Waals surface area contributed by atoms with E-state index >= 15 is 0 Å². The molecule has 0 bridgehead atoms. The number of hydrogen-bond donors (Lipinski definition) is 1. The fraction of sp³-hybridized carbons (Fsp3) is 0.375. The monoisotopic (exact) mass is 410 g/mol. The van der Waals surface area contributed by atoms with Crippen LogP contribution in [0, 0.1) is 23.6 Å². The van der Waals surface area contributed by atoms with Crippen molar-refractivity contribution in [3.8, 4) is 0 Å². The Bertz CT molecular complexity index is 1050. The molecule has 1 amide bonds. The molecule has 0 saturated heterocycles. The van der Waals surface area contributed by atoms with Crippen LogP contribution in [-0.2, 0) is 0 Å². The number of aromatic nitrogens is 1. The van der Waals surface area contributed by atoms with Crippen molar-refractivity contribution in [2.24, 2.45) is 17.8 Å². The molecule has 0 radical (unpaired) electrons. The molecule has 1 N–H and O–H groups in total. The molecule has 2 fully saturated rings. The minimum Gasteiger partial charge on any atom is -0.349 e. The van der Waals surface area contributed by atoms with E-state index in [0.717, 1.165) is 30.2 Å². The molecule has 2 aliphatic carbocycles. The second kappa shape index (κ2) is 7.17. The van der Waals surface area contributed by atoms with E-state index in [2.05, 4.69) is 23.0 Å². The molecule has 29 heavy (non-hydrogen) atoms. The molecule has 0 aliphatic heterocycles. The van der Waals surface area contributed by atoms with Crippen LogP contribution in [0.5, 0.6) is 0 Å². The van der Waals surface area contributed by atoms with Gasteiger partial charge in [-0.25, -0.2) is 4.39 Å². The third kappa shape index (κ3) is 3.33. The summed E-state index contributed by atoms with van der Waals surface area (Å²) in [5, 5.41) is 4.85. The van der Waals surface area contributed by atoms with Crippen molar-refractivity contribution in [3.63, 3.8) is 0 Å². The molecule has 5 rings (SSSR count). The molecule has 3 aromatic rings. The Balaban J connectivity index is 1.25. The lowest BCUT2D eigenvalue weighted by Crippen LogP contribution is -2.37. The van der Waals surface area contributed by atoms with E-state index in [9.17, 15) is 9.18 Å². The SMILES string of the molecule is CCC(NC(=O)c1ccc(Cl)cc1)C1[C@H]2CC(n3ccc4cc(F)ccc43)C[C@@H]12. The van der Waals surface area contributed by atoms with Crippen molar-refractivity contribution in [2.75, 3.05) is 0 Å². The number of amides is 1. The van der Waals surface area contributed by atoms with Gasteiger partial charge in [-0.3, -0.25) is 4.79 Å². The highest BCUT2D eigenvalue weighted by molar-refractivity contribution is 6.30. The molecular weight excluding hydrogens is 387 g/mol. The quantitative estimate of drug-likeness (QED) is 0.563. The Kier molecular flexibility index (Phi) is 4.62. The maximum Gasteiger partial charge on any atom is 0.251 e. The third-order valence-electron chi connectivity index (χ3n) is 6.89. The van der Waals surface area contributed by atoms with Crippen LogP contribution in [0.2, 0.25) is 5.02 Å². The number of hydrogen-bond acceptors (Lipinski definition) is 1. The van der Waals surface area contributed by atoms with E-state index in [1.807, 2.05) is 12.1 Å². The van der Waals surface area contributed by atoms with Gasteiger partial charge in [0.15, 0.2) is 0 Å². The number of fused-ring (bicyclic) bond motifs is 2. The average Bonchev–Trinajstić information content (AvgIpc) is 3.06. The normalized spacial score (nSPS) is 26.3. The van der Waals surface area contributed by atoms with Crippen LogP contribution in [0.1, 0.15) is 42.6 Å². The van der Waals surface area contributed by atoms with Crippen LogP contribution in [0.3, 0.4) is 0 Å². The lowest BCUT2D eigenvalue weighted by Gasteiger charge is -2.23. The van der Waals surface area contributed by atoms with E-state index in [-0.39, 0.29) is 17.8 Å². The van der Waals surface area contributed by atoms with Gasteiger partial charge in [-0.1, -0.05) is 18.5 Å². The van der Waals surface area contributed by atoms with E-state index in [0.29, 0.717) is 34.4 Å². The van der Waals surface area contributed by atoms with Crippen LogP contribution in [0.15, 0.2) is 54.7 Å². The predicted octanol–water partition coefficient (Wildman–Crippen LogP) is 5.84. The standard InChI is InChI=1S/C24H24ClFN2O/c1-2-21(27-24(29)14-3-5-16(25)6-4-14)23-19-12-18(13-20(19)23)28-10-9-15-11-17(26)7-8-22(15)28/h3-11,18-21,23H,2,12-13H2,1H3,(H,27,29)/t18?,19-,20+,21?,23?. The lowest BCUT2D eigenvalue weighted by molar-refractivity contribution is 0.0927. The Labute approximate surface area is 174 Å². The van der Waals surface area contributed by atoms with Gasteiger partial charge in [0.25, 0.3) is 5.91 Å². The van der Waals surface area contributed by atoms with E-state index in [1.165, 1.54) is 6.07 Å². The number of nitrogens with zero attached hydrogens (tertiary/aromatic N) is 1. The summed E-state index contributed by atoms with van der Waals surface area (Å²) in [6.45, 7) is 2.15. The summed E-state index contributed by atoms with van der Waals surface area (Å²) < 4.78 is 15.8. The largest absolute Gasteiger partial charge is 0.349 e. The highest BCUT2D eigenvalue weighted by Crippen LogP contribution is 2.62. The van der Waals surface area contributed by atoms with Gasteiger partial charge in [0.05, 0.1) is 0 Å². The summed E-state index contributed by atoms with van der Waals surface area (Å²) in [7, 11) is 0. The van der Waals surface area contributed by atoms with Crippen LogP contribution in [0.4, 0.5) is 4.39 Å². The van der Waals surface area contributed by atoms with Crippen LogP contribution in [0.25, 0.3) is 10.9 Å². The Morgan fingerprint density at radius 3 is 2.59 bits per heavy atom. The van der Waals surface area contributed by atoms with E-state index in [1.54, 1.807) is 30.3 Å². The fourth-order valence-corrected chi connectivity index (χ4v) is 5.59. The Morgan fingerprint density at radius 1 is 1.17 bits per heavy atom. The molecule has 2 aliphatic rings. The summed E-state index contributed by atoms with van der Waals surface area (Å²) in [5.74, 6) is 1.67. The molecule has 150 valence electrons. The van der Waals surface area contributed by atoms with E-state index in [4.69, 9.17) is 11.6 Å². The molecule has 1 aromatic heterocycles. The highest BCUT2D eigenvalue weighted by atomic mass is 35.5. The van der Waals surface area contributed by atoms with Gasteiger partial charge in [0.2, 0.25) is 0 Å². The second-order valence-corrected chi connectivity index (χ2v) is 8.89. The molecule has 0 spiro atoms. The van der Waals surface area contributed by atoms with Crippen LogP contribution < -0.4 is 5.32 Å². The molecule has 2 saturated carbocycles. The molecule has 1 heterocycles. The predicted molar refractivity (Wildman–Crippen MR) is 114 cm³/mol. The van der Waals surface area contributed by atoms with Crippen molar-refractivity contribution in [1.82, 2.24) is 9.88 Å². The van der Waals surface area contributed by atoms with Crippen LogP contribution >= 0.6 is 11.6 Å². The minimum atomic E-state index is -0.188. The molecule has 5 atom stereocenters. The zero-order valence-corrected chi connectivity index (χ0v) is 17.1. The summed E-state index contributed by atoms with van der Waals surface area (Å²) in [6, 6.07) is 14.7. The average molecular weight is 411 g/mol. The molecule has 2 aromatic carbocycles. The molecule has 3 nitrogen and oxygen atoms in total. The zero-order chi connectivity index (χ0) is 20.1. The number of carbonyl (C=O) groups is 1. The summed E-state index contributed by atoms with van der Waals surface area (Å²) in [6.07, 6.45) is 5.29. The first-order chi connectivity index (χ1) is 14.0. The maximum absolute atomic E-state index is 13.5. The summed E-state index contributed by atoms with van der Waals surface area (Å²) in [5.41, 5.74) is 1.76. The minimum absolute atomic E-state index is 0.0199. The molecule has 3 unspecified atom stereocenters. The number of carbonyl (C=O) groups excluding carboxylic acids is 1. The van der Waals surface area contributed by atoms with Crippen molar-refractivity contribution in [3.05, 3.63) is 71.1 Å². The van der Waals surface area contributed by atoms with Gasteiger partial charge < -0.3 is 9.88 Å². The fourth-order valence-electron chi connectivity index (χ4n) is 5.46. The molecular formula is C24H24ClFN2O. The van der Waals surface area contributed by atoms with Gasteiger partial charge in [0.1, 0.15) is 5.82 Å². The van der Waals surface area contributed by atoms with Crippen molar-refractivity contribution < 1.29 is 9.18 Å². The summed E-state index contributed by atoms with van der Waals surface area (Å²) in [4.78, 5) is 12.6. The molecule has 5 heteroatoms. The van der Waals surface area contributed by atoms with Crippen molar-refractivity contribution >= 4 is 28.4 Å². The van der Waals surface area contributed by atoms with Crippen molar-refractivity contribution in [1.29, 1.82) is 0 Å². The van der Waals surface area contributed by atoms with Crippen LogP contribution in [-0.4, -0.2) is 16.5 Å². The zero-order valence-electron chi connectivity index (χ0n) is 16.3. The third-order valence-corrected chi connectivity index (χ3v) is 7.14. The first-order valence-electron chi connectivity index (χ1n) is 10.4. The van der Waals surface area contributed by atoms with Crippen molar-refractivity contribution in [2.45, 2.75) is 38.3 Å². The maximum atomic E-state index is 13.5. The van der Waals surface area contributed by atoms with Gasteiger partial charge in [-0.2, -0.15) is 0 Å². The van der Waals surface area contributed by atoms with Gasteiger partial charge in [-0.15, -0.1) is 0 Å². The second-order valence-electron chi connectivity index (χ2n) is 8.45. The number of rotatable bonds is 5. The Morgan fingerprint density at radius 2 is 1.90 bits per heavy atom. The van der Waals surface area contributed by atoms with Gasteiger partial charge >= 0.3 is 0 Å². The van der Waals surface area contributed by atoms with E-state index < -0.39 is 0 Å². The first kappa shape index (κ1) is 18.7. The number of benzene rings is 2. The number of halogens is 2.